The Morgan fingerprint density at radius 1 is 1.21 bits per heavy atom. The summed E-state index contributed by atoms with van der Waals surface area (Å²) >= 11 is 0. The van der Waals surface area contributed by atoms with Gasteiger partial charge in [-0.1, -0.05) is 6.92 Å². The van der Waals surface area contributed by atoms with Crippen molar-refractivity contribution in [2.75, 3.05) is 45.9 Å². The first kappa shape index (κ1) is 12.0. The average Bonchev–Trinajstić information content (AvgIpc) is 2.69. The highest BCUT2D eigenvalue weighted by Gasteiger charge is 2.09. The first-order valence-electron chi connectivity index (χ1n) is 5.94. The molecule has 1 rings (SSSR count). The van der Waals surface area contributed by atoms with E-state index in [0.717, 1.165) is 26.3 Å². The van der Waals surface area contributed by atoms with Gasteiger partial charge in [0.25, 0.3) is 0 Å². The molecule has 3 heteroatoms. The van der Waals surface area contributed by atoms with E-state index in [2.05, 4.69) is 17.1 Å². The maximum Gasteiger partial charge on any atom is 0.0590 e. The normalized spacial score (nSPS) is 17.8. The number of likely N-dealkylation sites (tertiary alicyclic amines) is 1. The van der Waals surface area contributed by atoms with Crippen LogP contribution in [0.4, 0.5) is 0 Å². The predicted octanol–water partition coefficient (Wildman–Crippen LogP) is 1.10. The Hall–Kier alpha value is -0.120. The van der Waals surface area contributed by atoms with Crippen molar-refractivity contribution in [1.29, 1.82) is 0 Å². The van der Waals surface area contributed by atoms with Crippen LogP contribution in [0.15, 0.2) is 0 Å². The third-order valence-corrected chi connectivity index (χ3v) is 2.63. The highest BCUT2D eigenvalue weighted by atomic mass is 16.5. The van der Waals surface area contributed by atoms with Crippen LogP contribution >= 0.6 is 0 Å². The molecule has 1 aliphatic heterocycles. The third-order valence-electron chi connectivity index (χ3n) is 2.63. The zero-order valence-electron chi connectivity index (χ0n) is 9.43. The topological polar surface area (TPSA) is 24.5 Å². The molecule has 0 bridgehead atoms. The van der Waals surface area contributed by atoms with E-state index in [-0.39, 0.29) is 0 Å². The van der Waals surface area contributed by atoms with Gasteiger partial charge in [0.05, 0.1) is 6.61 Å². The van der Waals surface area contributed by atoms with Gasteiger partial charge in [-0.3, -0.25) is 0 Å². The van der Waals surface area contributed by atoms with Gasteiger partial charge in [0.2, 0.25) is 0 Å². The summed E-state index contributed by atoms with van der Waals surface area (Å²) in [6.07, 6.45) is 3.97. The molecule has 0 unspecified atom stereocenters. The highest BCUT2D eigenvalue weighted by molar-refractivity contribution is 4.65. The van der Waals surface area contributed by atoms with Crippen LogP contribution in [0.2, 0.25) is 0 Å². The molecule has 0 saturated carbocycles. The van der Waals surface area contributed by atoms with Gasteiger partial charge < -0.3 is 15.0 Å². The number of nitrogens with zero attached hydrogens (tertiary/aromatic N) is 1. The number of hydrogen-bond acceptors (Lipinski definition) is 3. The maximum atomic E-state index is 5.51. The molecular formula is C11H24N2O. The maximum absolute atomic E-state index is 5.51. The fraction of sp³-hybridized carbons (Fsp3) is 1.00. The van der Waals surface area contributed by atoms with Crippen molar-refractivity contribution in [2.24, 2.45) is 0 Å². The van der Waals surface area contributed by atoms with Crippen LogP contribution in [-0.4, -0.2) is 50.8 Å². The van der Waals surface area contributed by atoms with Gasteiger partial charge in [-0.15, -0.1) is 0 Å². The number of nitrogens with one attached hydrogen (secondary N) is 1. The van der Waals surface area contributed by atoms with Crippen LogP contribution < -0.4 is 5.32 Å². The highest BCUT2D eigenvalue weighted by Crippen LogP contribution is 2.07. The van der Waals surface area contributed by atoms with Gasteiger partial charge in [0, 0.05) is 19.7 Å². The molecule has 0 aromatic carbocycles. The SMILES string of the molecule is CCNCCOCCCN1CCCC1. The smallest absolute Gasteiger partial charge is 0.0590 e. The fourth-order valence-electron chi connectivity index (χ4n) is 1.82. The Bertz CT molecular complexity index is 124. The molecule has 0 atom stereocenters. The molecule has 1 heterocycles. The second kappa shape index (κ2) is 8.21. The van der Waals surface area contributed by atoms with E-state index in [9.17, 15) is 0 Å². The summed E-state index contributed by atoms with van der Waals surface area (Å²) in [6.45, 7) is 9.75. The number of rotatable bonds is 8. The molecule has 1 saturated heterocycles. The summed E-state index contributed by atoms with van der Waals surface area (Å²) in [4.78, 5) is 2.54. The zero-order valence-corrected chi connectivity index (χ0v) is 9.43. The minimum atomic E-state index is 0.855. The summed E-state index contributed by atoms with van der Waals surface area (Å²) in [7, 11) is 0. The number of hydrogen-bond donors (Lipinski definition) is 1. The minimum Gasteiger partial charge on any atom is -0.380 e. The minimum absolute atomic E-state index is 0.855. The molecule has 0 aromatic rings. The Balaban J connectivity index is 1.75. The molecule has 1 fully saturated rings. The second-order valence-corrected chi connectivity index (χ2v) is 3.87. The van der Waals surface area contributed by atoms with Crippen LogP contribution in [0.5, 0.6) is 0 Å². The standard InChI is InChI=1S/C11H24N2O/c1-2-12-6-11-14-10-5-9-13-7-3-4-8-13/h12H,2-11H2,1H3. The van der Waals surface area contributed by atoms with Crippen LogP contribution in [0.1, 0.15) is 26.2 Å². The summed E-state index contributed by atoms with van der Waals surface area (Å²) in [5, 5.41) is 3.24. The van der Waals surface area contributed by atoms with Crippen molar-refractivity contribution >= 4 is 0 Å². The molecule has 0 radical (unpaired) electrons. The van der Waals surface area contributed by atoms with Crippen LogP contribution in [0.3, 0.4) is 0 Å². The lowest BCUT2D eigenvalue weighted by Gasteiger charge is -2.13. The summed E-state index contributed by atoms with van der Waals surface area (Å²) in [5.74, 6) is 0. The second-order valence-electron chi connectivity index (χ2n) is 3.87. The molecule has 0 amide bonds. The summed E-state index contributed by atoms with van der Waals surface area (Å²) in [6, 6.07) is 0. The van der Waals surface area contributed by atoms with Crippen molar-refractivity contribution in [3.05, 3.63) is 0 Å². The Kier molecular flexibility index (Phi) is 7.01. The molecule has 14 heavy (non-hydrogen) atoms. The lowest BCUT2D eigenvalue weighted by molar-refractivity contribution is 0.125. The molecule has 84 valence electrons. The van der Waals surface area contributed by atoms with Gasteiger partial charge in [0.1, 0.15) is 0 Å². The summed E-state index contributed by atoms with van der Waals surface area (Å²) in [5.41, 5.74) is 0. The quantitative estimate of drug-likeness (QED) is 0.594. The molecule has 3 nitrogen and oxygen atoms in total. The van der Waals surface area contributed by atoms with Crippen molar-refractivity contribution < 1.29 is 4.74 Å². The Morgan fingerprint density at radius 2 is 2.00 bits per heavy atom. The monoisotopic (exact) mass is 200 g/mol. The van der Waals surface area contributed by atoms with Crippen molar-refractivity contribution in [1.82, 2.24) is 10.2 Å². The molecule has 0 spiro atoms. The van der Waals surface area contributed by atoms with Crippen molar-refractivity contribution in [2.45, 2.75) is 26.2 Å². The lowest BCUT2D eigenvalue weighted by Crippen LogP contribution is -2.23. The van der Waals surface area contributed by atoms with E-state index in [1.807, 2.05) is 0 Å². The van der Waals surface area contributed by atoms with E-state index in [0.29, 0.717) is 0 Å². The zero-order chi connectivity index (χ0) is 10.1. The number of likely N-dealkylation sites (N-methyl/N-ethyl adjacent to an activating group) is 1. The molecule has 0 aliphatic carbocycles. The lowest BCUT2D eigenvalue weighted by atomic mass is 10.4. The van der Waals surface area contributed by atoms with Gasteiger partial charge in [-0.05, 0) is 38.9 Å². The molecule has 1 aliphatic rings. The van der Waals surface area contributed by atoms with Crippen molar-refractivity contribution in [3.8, 4) is 0 Å². The van der Waals surface area contributed by atoms with Gasteiger partial charge in [-0.25, -0.2) is 0 Å². The van der Waals surface area contributed by atoms with E-state index < -0.39 is 0 Å². The van der Waals surface area contributed by atoms with E-state index in [4.69, 9.17) is 4.74 Å². The Labute approximate surface area is 87.8 Å². The molecule has 0 aromatic heterocycles. The van der Waals surface area contributed by atoms with E-state index >= 15 is 0 Å². The third kappa shape index (κ3) is 5.58. The first-order valence-corrected chi connectivity index (χ1v) is 5.94. The number of ether oxygens (including phenoxy) is 1. The van der Waals surface area contributed by atoms with Crippen LogP contribution in [0, 0.1) is 0 Å². The van der Waals surface area contributed by atoms with E-state index in [1.54, 1.807) is 0 Å². The van der Waals surface area contributed by atoms with E-state index in [1.165, 1.54) is 38.9 Å². The fourth-order valence-corrected chi connectivity index (χ4v) is 1.82. The van der Waals surface area contributed by atoms with Crippen LogP contribution in [-0.2, 0) is 4.74 Å². The van der Waals surface area contributed by atoms with Crippen molar-refractivity contribution in [3.63, 3.8) is 0 Å². The average molecular weight is 200 g/mol. The van der Waals surface area contributed by atoms with Crippen LogP contribution in [0.25, 0.3) is 0 Å². The summed E-state index contributed by atoms with van der Waals surface area (Å²) < 4.78 is 5.51. The predicted molar refractivity (Wildman–Crippen MR) is 59.7 cm³/mol. The first-order chi connectivity index (χ1) is 6.93. The largest absolute Gasteiger partial charge is 0.380 e. The van der Waals surface area contributed by atoms with Gasteiger partial charge in [0.15, 0.2) is 0 Å². The Morgan fingerprint density at radius 3 is 2.71 bits per heavy atom. The van der Waals surface area contributed by atoms with Gasteiger partial charge >= 0.3 is 0 Å². The molecule has 1 N–H and O–H groups in total. The van der Waals surface area contributed by atoms with Gasteiger partial charge in [-0.2, -0.15) is 0 Å². The molecular weight excluding hydrogens is 176 g/mol.